The van der Waals surface area contributed by atoms with Crippen molar-refractivity contribution in [1.29, 1.82) is 0 Å². The van der Waals surface area contributed by atoms with Crippen LogP contribution in [0.4, 0.5) is 0 Å². The van der Waals surface area contributed by atoms with Gasteiger partial charge < -0.3 is 13.7 Å². The molecule has 3 heterocycles. The van der Waals surface area contributed by atoms with Crippen molar-refractivity contribution in [3.8, 4) is 0 Å². The van der Waals surface area contributed by atoms with Crippen molar-refractivity contribution in [2.24, 2.45) is 0 Å². The molecule has 1 fully saturated rings. The Morgan fingerprint density at radius 1 is 1.40 bits per heavy atom. The van der Waals surface area contributed by atoms with E-state index in [0.29, 0.717) is 25.7 Å². The predicted octanol–water partition coefficient (Wildman–Crippen LogP) is 1.74. The molecule has 7 nitrogen and oxygen atoms in total. The lowest BCUT2D eigenvalue weighted by molar-refractivity contribution is -0.131. The number of rotatable bonds is 7. The van der Waals surface area contributed by atoms with E-state index in [1.54, 1.807) is 17.4 Å². The Morgan fingerprint density at radius 2 is 2.24 bits per heavy atom. The quantitative estimate of drug-likeness (QED) is 0.761. The lowest BCUT2D eigenvalue weighted by atomic mass is 10.2. The summed E-state index contributed by atoms with van der Waals surface area (Å²) in [6.07, 6.45) is 4.42. The van der Waals surface area contributed by atoms with Crippen LogP contribution in [0.3, 0.4) is 0 Å². The predicted molar refractivity (Wildman–Crippen MR) is 92.7 cm³/mol. The van der Waals surface area contributed by atoms with Crippen LogP contribution in [0.25, 0.3) is 0 Å². The maximum absolute atomic E-state index is 12.4. The summed E-state index contributed by atoms with van der Waals surface area (Å²) in [6, 6.07) is 4.13. The van der Waals surface area contributed by atoms with Crippen LogP contribution in [0, 0.1) is 6.92 Å². The van der Waals surface area contributed by atoms with Gasteiger partial charge in [0, 0.05) is 26.2 Å². The number of amides is 1. The zero-order valence-electron chi connectivity index (χ0n) is 15.1. The normalized spacial score (nSPS) is 18.2. The topological polar surface area (TPSA) is 66.0 Å². The monoisotopic (exact) mass is 346 g/mol. The van der Waals surface area contributed by atoms with Crippen LogP contribution in [0.2, 0.25) is 0 Å². The minimum Gasteiger partial charge on any atom is -0.467 e. The van der Waals surface area contributed by atoms with Crippen molar-refractivity contribution in [3.63, 3.8) is 0 Å². The Labute approximate surface area is 148 Å². The molecule has 0 aliphatic carbocycles. The molecule has 0 unspecified atom stereocenters. The summed E-state index contributed by atoms with van der Waals surface area (Å²) in [5.41, 5.74) is 0. The number of aryl methyl sites for hydroxylation is 1. The third-order valence-corrected chi connectivity index (χ3v) is 4.68. The highest BCUT2D eigenvalue weighted by Crippen LogP contribution is 2.17. The third kappa shape index (κ3) is 4.70. The Hall–Kier alpha value is -2.12. The molecule has 25 heavy (non-hydrogen) atoms. The second-order valence-electron chi connectivity index (χ2n) is 6.79. The van der Waals surface area contributed by atoms with Gasteiger partial charge in [-0.2, -0.15) is 0 Å². The van der Waals surface area contributed by atoms with Crippen LogP contribution in [0.5, 0.6) is 0 Å². The van der Waals surface area contributed by atoms with Gasteiger partial charge in [0.1, 0.15) is 11.5 Å². The van der Waals surface area contributed by atoms with E-state index >= 15 is 0 Å². The smallest absolute Gasteiger partial charge is 0.236 e. The van der Waals surface area contributed by atoms with E-state index in [1.807, 2.05) is 26.1 Å². The number of furan rings is 1. The first kappa shape index (κ1) is 17.7. The maximum atomic E-state index is 12.4. The molecule has 2 aromatic rings. The molecule has 2 aromatic heterocycles. The minimum absolute atomic E-state index is 0.114. The molecule has 0 aromatic carbocycles. The van der Waals surface area contributed by atoms with E-state index in [0.717, 1.165) is 36.9 Å². The summed E-state index contributed by atoms with van der Waals surface area (Å²) in [5, 5.41) is 0. The van der Waals surface area contributed by atoms with Crippen LogP contribution >= 0.6 is 0 Å². The molecule has 0 N–H and O–H groups in total. The summed E-state index contributed by atoms with van der Waals surface area (Å²) in [6.45, 7) is 5.36. The fourth-order valence-electron chi connectivity index (χ4n) is 3.17. The van der Waals surface area contributed by atoms with Crippen molar-refractivity contribution in [2.45, 2.75) is 32.5 Å². The number of oxazole rings is 1. The number of likely N-dealkylation sites (N-methyl/N-ethyl adjacent to an activating group) is 2. The summed E-state index contributed by atoms with van der Waals surface area (Å²) in [7, 11) is 3.90. The molecule has 1 amide bonds. The lowest BCUT2D eigenvalue weighted by Gasteiger charge is -2.24. The molecule has 1 atom stereocenters. The summed E-state index contributed by atoms with van der Waals surface area (Å²) in [4.78, 5) is 22.8. The van der Waals surface area contributed by atoms with Crippen molar-refractivity contribution >= 4 is 5.91 Å². The molecule has 0 spiro atoms. The third-order valence-electron chi connectivity index (χ3n) is 4.68. The van der Waals surface area contributed by atoms with Gasteiger partial charge in [-0.3, -0.25) is 14.6 Å². The van der Waals surface area contributed by atoms with E-state index in [2.05, 4.69) is 21.8 Å². The van der Waals surface area contributed by atoms with Gasteiger partial charge in [-0.25, -0.2) is 4.98 Å². The van der Waals surface area contributed by atoms with Crippen LogP contribution in [-0.2, 0) is 17.9 Å². The van der Waals surface area contributed by atoms with Gasteiger partial charge in [0.15, 0.2) is 0 Å². The van der Waals surface area contributed by atoms with Gasteiger partial charge in [0.05, 0.1) is 32.1 Å². The molecular weight excluding hydrogens is 320 g/mol. The van der Waals surface area contributed by atoms with Gasteiger partial charge in [0.2, 0.25) is 11.8 Å². The molecule has 7 heteroatoms. The summed E-state index contributed by atoms with van der Waals surface area (Å²) in [5.74, 6) is 2.49. The van der Waals surface area contributed by atoms with Crippen molar-refractivity contribution < 1.29 is 13.6 Å². The van der Waals surface area contributed by atoms with Crippen LogP contribution < -0.4 is 0 Å². The standard InChI is InChI=1S/C18H26N4O3/c1-14-9-19-17(25-14)12-20(2)15-6-7-22(10-15)13-18(23)21(3)11-16-5-4-8-24-16/h4-5,8-9,15H,6-7,10-13H2,1-3H3/t15-/m1/s1. The number of carbonyl (C=O) groups is 1. The Balaban J connectivity index is 1.44. The van der Waals surface area contributed by atoms with E-state index in [4.69, 9.17) is 8.83 Å². The Bertz CT molecular complexity index is 682. The first-order valence-electron chi connectivity index (χ1n) is 8.61. The Morgan fingerprint density at radius 3 is 2.92 bits per heavy atom. The second-order valence-corrected chi connectivity index (χ2v) is 6.79. The van der Waals surface area contributed by atoms with Crippen LogP contribution in [0.15, 0.2) is 33.4 Å². The highest BCUT2D eigenvalue weighted by Gasteiger charge is 2.28. The number of aromatic nitrogens is 1. The molecule has 1 aliphatic rings. The molecule has 0 saturated carbocycles. The molecule has 0 radical (unpaired) electrons. The van der Waals surface area contributed by atoms with Gasteiger partial charge >= 0.3 is 0 Å². The first-order valence-corrected chi connectivity index (χ1v) is 8.61. The van der Waals surface area contributed by atoms with Crippen LogP contribution in [0.1, 0.15) is 23.8 Å². The summed E-state index contributed by atoms with van der Waals surface area (Å²) >= 11 is 0. The van der Waals surface area contributed by atoms with Gasteiger partial charge in [-0.1, -0.05) is 0 Å². The molecule has 1 saturated heterocycles. The molecule has 136 valence electrons. The Kier molecular flexibility index (Phi) is 5.55. The average molecular weight is 346 g/mol. The van der Waals surface area contributed by atoms with Crippen molar-refractivity contribution in [2.75, 3.05) is 33.7 Å². The van der Waals surface area contributed by atoms with E-state index in [9.17, 15) is 4.79 Å². The SMILES string of the molecule is Cc1cnc(CN(C)[C@@H]2CCN(CC(=O)N(C)Cc3ccco3)C2)o1. The molecule has 0 bridgehead atoms. The summed E-state index contributed by atoms with van der Waals surface area (Å²) < 4.78 is 10.9. The number of hydrogen-bond acceptors (Lipinski definition) is 6. The highest BCUT2D eigenvalue weighted by atomic mass is 16.4. The van der Waals surface area contributed by atoms with Gasteiger partial charge in [-0.05, 0) is 32.5 Å². The fourth-order valence-corrected chi connectivity index (χ4v) is 3.17. The van der Waals surface area contributed by atoms with E-state index in [-0.39, 0.29) is 5.91 Å². The minimum atomic E-state index is 0.114. The first-order chi connectivity index (χ1) is 12.0. The van der Waals surface area contributed by atoms with Crippen molar-refractivity contribution in [1.82, 2.24) is 19.7 Å². The average Bonchev–Trinajstić information content (AvgIpc) is 3.30. The molecular formula is C18H26N4O3. The number of carbonyl (C=O) groups excluding carboxylic acids is 1. The van der Waals surface area contributed by atoms with Gasteiger partial charge in [-0.15, -0.1) is 0 Å². The number of likely N-dealkylation sites (tertiary alicyclic amines) is 1. The van der Waals surface area contributed by atoms with Crippen LogP contribution in [-0.4, -0.2) is 65.4 Å². The molecule has 1 aliphatic heterocycles. The molecule has 3 rings (SSSR count). The fraction of sp³-hybridized carbons (Fsp3) is 0.556. The maximum Gasteiger partial charge on any atom is 0.236 e. The number of hydrogen-bond donors (Lipinski definition) is 0. The highest BCUT2D eigenvalue weighted by molar-refractivity contribution is 5.78. The number of nitrogens with zero attached hydrogens (tertiary/aromatic N) is 4. The van der Waals surface area contributed by atoms with E-state index in [1.165, 1.54) is 0 Å². The zero-order valence-corrected chi connectivity index (χ0v) is 15.1. The largest absolute Gasteiger partial charge is 0.467 e. The lowest BCUT2D eigenvalue weighted by Crippen LogP contribution is -2.39. The zero-order chi connectivity index (χ0) is 17.8. The van der Waals surface area contributed by atoms with Crippen molar-refractivity contribution in [3.05, 3.63) is 42.0 Å². The van der Waals surface area contributed by atoms with E-state index < -0.39 is 0 Å². The van der Waals surface area contributed by atoms with Gasteiger partial charge in [0.25, 0.3) is 0 Å². The second kappa shape index (κ2) is 7.84.